The van der Waals surface area contributed by atoms with E-state index in [4.69, 9.17) is 11.6 Å². The van der Waals surface area contributed by atoms with Gasteiger partial charge < -0.3 is 4.98 Å². The van der Waals surface area contributed by atoms with Crippen LogP contribution in [0.4, 0.5) is 0 Å². The Morgan fingerprint density at radius 3 is 2.75 bits per heavy atom. The van der Waals surface area contributed by atoms with Crippen molar-refractivity contribution in [2.24, 2.45) is 0 Å². The van der Waals surface area contributed by atoms with Crippen molar-refractivity contribution in [1.29, 1.82) is 0 Å². The van der Waals surface area contributed by atoms with Gasteiger partial charge in [0.1, 0.15) is 0 Å². The monoisotopic (exact) mass is 279 g/mol. The Bertz CT molecular complexity index is 927. The summed E-state index contributed by atoms with van der Waals surface area (Å²) in [6.07, 6.45) is 3.74. The number of aromatic nitrogens is 3. The van der Waals surface area contributed by atoms with Gasteiger partial charge in [0.15, 0.2) is 0 Å². The first-order chi connectivity index (χ1) is 9.81. The van der Waals surface area contributed by atoms with Gasteiger partial charge in [-0.3, -0.25) is 4.98 Å². The van der Waals surface area contributed by atoms with E-state index in [9.17, 15) is 0 Å². The molecule has 0 aliphatic rings. The smallest absolute Gasteiger partial charge is 0.0914 e. The quantitative estimate of drug-likeness (QED) is 0.560. The molecule has 2 heterocycles. The van der Waals surface area contributed by atoms with Crippen LogP contribution in [-0.2, 0) is 0 Å². The van der Waals surface area contributed by atoms with Gasteiger partial charge in [-0.05, 0) is 30.3 Å². The lowest BCUT2D eigenvalue weighted by Gasteiger charge is -2.01. The van der Waals surface area contributed by atoms with Crippen molar-refractivity contribution in [2.75, 3.05) is 0 Å². The van der Waals surface area contributed by atoms with E-state index in [0.717, 1.165) is 33.2 Å². The summed E-state index contributed by atoms with van der Waals surface area (Å²) >= 11 is 6.08. The molecule has 3 nitrogen and oxygen atoms in total. The summed E-state index contributed by atoms with van der Waals surface area (Å²) in [4.78, 5) is 12.4. The molecule has 1 N–H and O–H groups in total. The van der Waals surface area contributed by atoms with Gasteiger partial charge in [-0.2, -0.15) is 0 Å². The van der Waals surface area contributed by atoms with Crippen molar-refractivity contribution < 1.29 is 0 Å². The number of nitrogens with one attached hydrogen (secondary N) is 1. The number of halogens is 1. The van der Waals surface area contributed by atoms with E-state index in [-0.39, 0.29) is 0 Å². The minimum Gasteiger partial charge on any atom is -0.360 e. The molecule has 0 unspecified atom stereocenters. The third-order valence-corrected chi connectivity index (χ3v) is 3.60. The predicted molar refractivity (Wildman–Crippen MR) is 81.8 cm³/mol. The van der Waals surface area contributed by atoms with Gasteiger partial charge >= 0.3 is 0 Å². The highest BCUT2D eigenvalue weighted by atomic mass is 35.5. The van der Waals surface area contributed by atoms with Crippen LogP contribution in [0, 0.1) is 0 Å². The molecule has 0 aliphatic heterocycles. The molecule has 96 valence electrons. The summed E-state index contributed by atoms with van der Waals surface area (Å²) in [7, 11) is 0. The maximum Gasteiger partial charge on any atom is 0.0914 e. The SMILES string of the molecule is Clc1ccc2[nH]cc(-c3cnc4ccccc4n3)c2c1. The van der Waals surface area contributed by atoms with E-state index in [1.54, 1.807) is 6.20 Å². The number of aromatic amines is 1. The zero-order valence-corrected chi connectivity index (χ0v) is 11.2. The first kappa shape index (κ1) is 11.4. The molecule has 0 saturated heterocycles. The van der Waals surface area contributed by atoms with Crippen molar-refractivity contribution in [1.82, 2.24) is 15.0 Å². The van der Waals surface area contributed by atoms with Crippen molar-refractivity contribution in [3.8, 4) is 11.3 Å². The van der Waals surface area contributed by atoms with Crippen LogP contribution >= 0.6 is 11.6 Å². The standard InChI is InChI=1S/C16H10ClN3/c17-10-5-6-13-11(7-10)12(8-18-13)16-9-19-14-3-1-2-4-15(14)20-16/h1-9,18H. The van der Waals surface area contributed by atoms with Crippen LogP contribution in [0.1, 0.15) is 0 Å². The number of fused-ring (bicyclic) bond motifs is 2. The topological polar surface area (TPSA) is 41.6 Å². The highest BCUT2D eigenvalue weighted by Crippen LogP contribution is 2.29. The maximum absolute atomic E-state index is 6.08. The second-order valence-electron chi connectivity index (χ2n) is 4.64. The first-order valence-corrected chi connectivity index (χ1v) is 6.68. The number of H-pyrrole nitrogens is 1. The first-order valence-electron chi connectivity index (χ1n) is 6.30. The lowest BCUT2D eigenvalue weighted by molar-refractivity contribution is 1.30. The second-order valence-corrected chi connectivity index (χ2v) is 5.07. The van der Waals surface area contributed by atoms with Crippen LogP contribution in [0.5, 0.6) is 0 Å². The number of para-hydroxylation sites is 2. The Balaban J connectivity index is 1.98. The molecule has 4 aromatic rings. The zero-order valence-electron chi connectivity index (χ0n) is 10.5. The van der Waals surface area contributed by atoms with Gasteiger partial charge in [-0.15, -0.1) is 0 Å². The minimum atomic E-state index is 0.715. The molecule has 4 heteroatoms. The van der Waals surface area contributed by atoms with Crippen LogP contribution in [-0.4, -0.2) is 15.0 Å². The fraction of sp³-hybridized carbons (Fsp3) is 0. The summed E-state index contributed by atoms with van der Waals surface area (Å²) in [5, 5.41) is 1.77. The van der Waals surface area contributed by atoms with Crippen LogP contribution < -0.4 is 0 Å². The number of hydrogen-bond donors (Lipinski definition) is 1. The van der Waals surface area contributed by atoms with Crippen LogP contribution in [0.25, 0.3) is 33.2 Å². The Morgan fingerprint density at radius 1 is 1.00 bits per heavy atom. The number of rotatable bonds is 1. The molecule has 0 bridgehead atoms. The molecule has 0 fully saturated rings. The summed E-state index contributed by atoms with van der Waals surface area (Å²) in [6, 6.07) is 13.6. The molecule has 2 aromatic carbocycles. The van der Waals surface area contributed by atoms with Crippen LogP contribution in [0.2, 0.25) is 5.02 Å². The van der Waals surface area contributed by atoms with E-state index >= 15 is 0 Å². The maximum atomic E-state index is 6.08. The molecule has 0 aliphatic carbocycles. The summed E-state index contributed by atoms with van der Waals surface area (Å²) in [6.45, 7) is 0. The zero-order chi connectivity index (χ0) is 13.5. The lowest BCUT2D eigenvalue weighted by Crippen LogP contribution is -1.87. The lowest BCUT2D eigenvalue weighted by atomic mass is 10.1. The van der Waals surface area contributed by atoms with E-state index in [1.807, 2.05) is 48.7 Å². The Morgan fingerprint density at radius 2 is 1.85 bits per heavy atom. The Kier molecular flexibility index (Phi) is 2.47. The van der Waals surface area contributed by atoms with Gasteiger partial charge in [0, 0.05) is 27.7 Å². The molecular formula is C16H10ClN3. The van der Waals surface area contributed by atoms with Gasteiger partial charge in [-0.25, -0.2) is 4.98 Å². The average molecular weight is 280 g/mol. The molecular weight excluding hydrogens is 270 g/mol. The number of nitrogens with zero attached hydrogens (tertiary/aromatic N) is 2. The molecule has 0 spiro atoms. The third-order valence-electron chi connectivity index (χ3n) is 3.37. The van der Waals surface area contributed by atoms with Gasteiger partial charge in [-0.1, -0.05) is 23.7 Å². The summed E-state index contributed by atoms with van der Waals surface area (Å²) in [5.74, 6) is 0. The van der Waals surface area contributed by atoms with Crippen molar-refractivity contribution in [3.63, 3.8) is 0 Å². The van der Waals surface area contributed by atoms with Crippen molar-refractivity contribution >= 4 is 33.5 Å². The summed E-state index contributed by atoms with van der Waals surface area (Å²) in [5.41, 5.74) is 4.69. The van der Waals surface area contributed by atoms with Crippen LogP contribution in [0.15, 0.2) is 54.9 Å². The fourth-order valence-corrected chi connectivity index (χ4v) is 2.56. The highest BCUT2D eigenvalue weighted by Gasteiger charge is 2.09. The predicted octanol–water partition coefficient (Wildman–Crippen LogP) is 4.43. The van der Waals surface area contributed by atoms with Gasteiger partial charge in [0.2, 0.25) is 0 Å². The van der Waals surface area contributed by atoms with Crippen molar-refractivity contribution in [3.05, 3.63) is 59.9 Å². The molecule has 4 rings (SSSR count). The van der Waals surface area contributed by atoms with E-state index < -0.39 is 0 Å². The fourth-order valence-electron chi connectivity index (χ4n) is 2.39. The molecule has 20 heavy (non-hydrogen) atoms. The third kappa shape index (κ3) is 1.75. The molecule has 0 saturated carbocycles. The average Bonchev–Trinajstić information content (AvgIpc) is 2.89. The van der Waals surface area contributed by atoms with E-state index in [0.29, 0.717) is 5.02 Å². The molecule has 0 radical (unpaired) electrons. The van der Waals surface area contributed by atoms with E-state index in [1.165, 1.54) is 0 Å². The highest BCUT2D eigenvalue weighted by molar-refractivity contribution is 6.31. The normalized spacial score (nSPS) is 11.2. The second kappa shape index (κ2) is 4.32. The van der Waals surface area contributed by atoms with E-state index in [2.05, 4.69) is 15.0 Å². The van der Waals surface area contributed by atoms with Crippen LogP contribution in [0.3, 0.4) is 0 Å². The summed E-state index contributed by atoms with van der Waals surface area (Å²) < 4.78 is 0. The minimum absolute atomic E-state index is 0.715. The molecule has 0 amide bonds. The Labute approximate surface area is 120 Å². The molecule has 2 aromatic heterocycles. The number of hydrogen-bond acceptors (Lipinski definition) is 2. The molecule has 0 atom stereocenters. The van der Waals surface area contributed by atoms with Gasteiger partial charge in [0.05, 0.1) is 22.9 Å². The number of benzene rings is 2. The Hall–Kier alpha value is -2.39. The largest absolute Gasteiger partial charge is 0.360 e. The van der Waals surface area contributed by atoms with Crippen molar-refractivity contribution in [2.45, 2.75) is 0 Å². The van der Waals surface area contributed by atoms with Gasteiger partial charge in [0.25, 0.3) is 0 Å².